The van der Waals surface area contributed by atoms with Gasteiger partial charge in [-0.3, -0.25) is 4.79 Å². The highest BCUT2D eigenvalue weighted by Crippen LogP contribution is 2.15. The molecule has 0 heterocycles. The molecule has 2 rings (SSSR count). The number of primary amides is 1. The summed E-state index contributed by atoms with van der Waals surface area (Å²) in [5, 5.41) is 3.34. The largest absolute Gasteiger partial charge is 0.484 e. The van der Waals surface area contributed by atoms with Gasteiger partial charge in [0.1, 0.15) is 5.75 Å². The van der Waals surface area contributed by atoms with Gasteiger partial charge in [0, 0.05) is 15.8 Å². The van der Waals surface area contributed by atoms with E-state index in [9.17, 15) is 4.79 Å². The van der Waals surface area contributed by atoms with Crippen LogP contribution in [-0.4, -0.2) is 12.5 Å². The second-order valence-electron chi connectivity index (χ2n) is 4.26. The van der Waals surface area contributed by atoms with Gasteiger partial charge in [0.15, 0.2) is 6.61 Å². The summed E-state index contributed by atoms with van der Waals surface area (Å²) < 4.78 is 6.41. The lowest BCUT2D eigenvalue weighted by Crippen LogP contribution is -2.19. The third-order valence-corrected chi connectivity index (χ3v) is 3.36. The molecule has 0 spiro atoms. The number of carbonyl (C=O) groups is 1. The Kier molecular flexibility index (Phi) is 5.23. The zero-order valence-electron chi connectivity index (χ0n) is 10.8. The zero-order chi connectivity index (χ0) is 14.4. The number of ether oxygens (including phenoxy) is 1. The van der Waals surface area contributed by atoms with Gasteiger partial charge in [-0.1, -0.05) is 12.1 Å². The van der Waals surface area contributed by atoms with E-state index < -0.39 is 5.91 Å². The molecule has 3 N–H and O–H groups in total. The topological polar surface area (TPSA) is 64.4 Å². The minimum atomic E-state index is -0.477. The van der Waals surface area contributed by atoms with Crippen LogP contribution in [0, 0.1) is 3.57 Å². The molecule has 0 bridgehead atoms. The number of benzene rings is 2. The van der Waals surface area contributed by atoms with Crippen LogP contribution < -0.4 is 15.8 Å². The molecular formula is C15H15IN2O2. The van der Waals surface area contributed by atoms with Gasteiger partial charge >= 0.3 is 0 Å². The molecule has 0 aliphatic heterocycles. The van der Waals surface area contributed by atoms with Gasteiger partial charge in [-0.25, -0.2) is 0 Å². The third kappa shape index (κ3) is 4.73. The predicted octanol–water partition coefficient (Wildman–Crippen LogP) is 2.77. The van der Waals surface area contributed by atoms with Gasteiger partial charge in [0.2, 0.25) is 0 Å². The summed E-state index contributed by atoms with van der Waals surface area (Å²) in [6, 6.07) is 15.8. The van der Waals surface area contributed by atoms with Crippen LogP contribution in [0.4, 0.5) is 5.69 Å². The average Bonchev–Trinajstić information content (AvgIpc) is 2.45. The molecule has 0 radical (unpaired) electrons. The van der Waals surface area contributed by atoms with Crippen molar-refractivity contribution in [2.24, 2.45) is 5.73 Å². The number of nitrogens with one attached hydrogen (secondary N) is 1. The SMILES string of the molecule is NC(=O)COc1ccc(CNc2ccc(I)cc2)cc1. The van der Waals surface area contributed by atoms with Crippen LogP contribution in [0.3, 0.4) is 0 Å². The van der Waals surface area contributed by atoms with Crippen LogP contribution in [0.2, 0.25) is 0 Å². The molecule has 5 heteroatoms. The van der Waals surface area contributed by atoms with E-state index in [1.807, 2.05) is 36.4 Å². The quantitative estimate of drug-likeness (QED) is 0.756. The summed E-state index contributed by atoms with van der Waals surface area (Å²) in [5.74, 6) is 0.163. The summed E-state index contributed by atoms with van der Waals surface area (Å²) in [5.41, 5.74) is 7.24. The van der Waals surface area contributed by atoms with Crippen molar-refractivity contribution in [2.45, 2.75) is 6.54 Å². The molecule has 0 atom stereocenters. The summed E-state index contributed by atoms with van der Waals surface area (Å²) in [6.45, 7) is 0.636. The van der Waals surface area contributed by atoms with Crippen molar-refractivity contribution in [1.82, 2.24) is 0 Å². The van der Waals surface area contributed by atoms with Crippen LogP contribution >= 0.6 is 22.6 Å². The van der Waals surface area contributed by atoms with Gasteiger partial charge in [0.25, 0.3) is 5.91 Å². The van der Waals surface area contributed by atoms with E-state index >= 15 is 0 Å². The van der Waals surface area contributed by atoms with Crippen molar-refractivity contribution >= 4 is 34.2 Å². The van der Waals surface area contributed by atoms with E-state index in [4.69, 9.17) is 10.5 Å². The fourth-order valence-electron chi connectivity index (χ4n) is 1.63. The third-order valence-electron chi connectivity index (χ3n) is 2.65. The molecule has 0 saturated carbocycles. The normalized spacial score (nSPS) is 10.1. The first-order chi connectivity index (χ1) is 9.63. The minimum absolute atomic E-state index is 0.0970. The highest BCUT2D eigenvalue weighted by Gasteiger charge is 1.99. The van der Waals surface area contributed by atoms with Gasteiger partial charge in [0.05, 0.1) is 0 Å². The Morgan fingerprint density at radius 3 is 2.35 bits per heavy atom. The van der Waals surface area contributed by atoms with Crippen LogP contribution in [0.25, 0.3) is 0 Å². The zero-order valence-corrected chi connectivity index (χ0v) is 13.0. The average molecular weight is 382 g/mol. The van der Waals surface area contributed by atoms with Crippen LogP contribution in [-0.2, 0) is 11.3 Å². The van der Waals surface area contributed by atoms with E-state index in [0.29, 0.717) is 5.75 Å². The van der Waals surface area contributed by atoms with E-state index in [-0.39, 0.29) is 6.61 Å². The number of hydrogen-bond acceptors (Lipinski definition) is 3. The second-order valence-corrected chi connectivity index (χ2v) is 5.51. The van der Waals surface area contributed by atoms with Gasteiger partial charge in [-0.15, -0.1) is 0 Å². The molecule has 0 aromatic heterocycles. The lowest BCUT2D eigenvalue weighted by Gasteiger charge is -2.08. The number of anilines is 1. The van der Waals surface area contributed by atoms with Gasteiger partial charge in [-0.2, -0.15) is 0 Å². The Bertz CT molecular complexity index is 567. The molecule has 2 aromatic rings. The van der Waals surface area contributed by atoms with E-state index in [0.717, 1.165) is 17.8 Å². The Morgan fingerprint density at radius 2 is 1.75 bits per heavy atom. The summed E-state index contributed by atoms with van der Waals surface area (Å²) in [7, 11) is 0. The minimum Gasteiger partial charge on any atom is -0.484 e. The fraction of sp³-hybridized carbons (Fsp3) is 0.133. The van der Waals surface area contributed by atoms with E-state index in [2.05, 4.69) is 40.0 Å². The Balaban J connectivity index is 1.87. The molecule has 0 aliphatic rings. The van der Waals surface area contributed by atoms with Crippen molar-refractivity contribution in [3.8, 4) is 5.75 Å². The summed E-state index contributed by atoms with van der Waals surface area (Å²) in [6.07, 6.45) is 0. The molecule has 0 unspecified atom stereocenters. The smallest absolute Gasteiger partial charge is 0.255 e. The molecule has 20 heavy (non-hydrogen) atoms. The molecule has 104 valence electrons. The van der Waals surface area contributed by atoms with Crippen molar-refractivity contribution in [2.75, 3.05) is 11.9 Å². The summed E-state index contributed by atoms with van der Waals surface area (Å²) >= 11 is 2.28. The van der Waals surface area contributed by atoms with Crippen molar-refractivity contribution in [3.63, 3.8) is 0 Å². The molecule has 1 amide bonds. The molecule has 0 fully saturated rings. The molecule has 2 aromatic carbocycles. The summed E-state index contributed by atoms with van der Waals surface area (Å²) in [4.78, 5) is 10.6. The number of halogens is 1. The highest BCUT2D eigenvalue weighted by molar-refractivity contribution is 14.1. The van der Waals surface area contributed by atoms with Crippen molar-refractivity contribution < 1.29 is 9.53 Å². The maximum absolute atomic E-state index is 10.6. The Labute approximate surface area is 131 Å². The lowest BCUT2D eigenvalue weighted by atomic mass is 10.2. The number of hydrogen-bond donors (Lipinski definition) is 2. The van der Waals surface area contributed by atoms with E-state index in [1.54, 1.807) is 0 Å². The number of carbonyl (C=O) groups excluding carboxylic acids is 1. The first-order valence-corrected chi connectivity index (χ1v) is 7.21. The van der Waals surface area contributed by atoms with Crippen molar-refractivity contribution in [3.05, 3.63) is 57.7 Å². The van der Waals surface area contributed by atoms with Gasteiger partial charge in [-0.05, 0) is 64.6 Å². The number of amides is 1. The maximum atomic E-state index is 10.6. The number of rotatable bonds is 6. The molecule has 0 aliphatic carbocycles. The highest BCUT2D eigenvalue weighted by atomic mass is 127. The first-order valence-electron chi connectivity index (χ1n) is 6.13. The number of nitrogens with two attached hydrogens (primary N) is 1. The first kappa shape index (κ1) is 14.6. The van der Waals surface area contributed by atoms with E-state index in [1.165, 1.54) is 3.57 Å². The second kappa shape index (κ2) is 7.14. The molecule has 0 saturated heterocycles. The van der Waals surface area contributed by atoms with Crippen molar-refractivity contribution in [1.29, 1.82) is 0 Å². The predicted molar refractivity (Wildman–Crippen MR) is 87.6 cm³/mol. The Morgan fingerprint density at radius 1 is 1.10 bits per heavy atom. The Hall–Kier alpha value is -1.76. The fourth-order valence-corrected chi connectivity index (χ4v) is 1.99. The lowest BCUT2D eigenvalue weighted by molar-refractivity contribution is -0.119. The molecular weight excluding hydrogens is 367 g/mol. The van der Waals surface area contributed by atoms with Crippen LogP contribution in [0.1, 0.15) is 5.56 Å². The van der Waals surface area contributed by atoms with Crippen LogP contribution in [0.5, 0.6) is 5.75 Å². The van der Waals surface area contributed by atoms with Crippen LogP contribution in [0.15, 0.2) is 48.5 Å². The van der Waals surface area contributed by atoms with Gasteiger partial charge < -0.3 is 15.8 Å². The maximum Gasteiger partial charge on any atom is 0.255 e. The molecule has 4 nitrogen and oxygen atoms in total. The monoisotopic (exact) mass is 382 g/mol. The standard InChI is InChI=1S/C15H15IN2O2/c16-12-3-5-13(6-4-12)18-9-11-1-7-14(8-2-11)20-10-15(17)19/h1-8,18H,9-10H2,(H2,17,19).